The third-order valence-electron chi connectivity index (χ3n) is 6.82. The van der Waals surface area contributed by atoms with Crippen molar-refractivity contribution in [3.05, 3.63) is 99.0 Å². The molecule has 0 saturated heterocycles. The van der Waals surface area contributed by atoms with Crippen molar-refractivity contribution >= 4 is 39.3 Å². The van der Waals surface area contributed by atoms with Gasteiger partial charge < -0.3 is 15.0 Å². The Labute approximate surface area is 232 Å². The zero-order valence-corrected chi connectivity index (χ0v) is 23.3. The lowest BCUT2D eigenvalue weighted by atomic mass is 10.0. The van der Waals surface area contributed by atoms with Crippen LogP contribution in [0.4, 0.5) is 0 Å². The first-order chi connectivity index (χ1) is 17.9. The van der Waals surface area contributed by atoms with Gasteiger partial charge in [-0.05, 0) is 54.7 Å². The van der Waals surface area contributed by atoms with Crippen molar-refractivity contribution in [2.75, 3.05) is 6.61 Å². The molecule has 5 nitrogen and oxygen atoms in total. The lowest BCUT2D eigenvalue weighted by Crippen LogP contribution is -2.53. The van der Waals surface area contributed by atoms with E-state index in [0.717, 1.165) is 46.8 Å². The van der Waals surface area contributed by atoms with Crippen molar-refractivity contribution in [2.45, 2.75) is 57.7 Å². The first-order valence-corrected chi connectivity index (χ1v) is 13.8. The predicted molar refractivity (Wildman–Crippen MR) is 151 cm³/mol. The summed E-state index contributed by atoms with van der Waals surface area (Å²) in [4.78, 5) is 29.1. The average molecular weight is 584 g/mol. The molecule has 1 aliphatic rings. The molecule has 194 valence electrons. The van der Waals surface area contributed by atoms with Crippen molar-refractivity contribution in [3.8, 4) is 5.75 Å². The van der Waals surface area contributed by atoms with Crippen molar-refractivity contribution in [1.82, 2.24) is 10.2 Å². The molecule has 1 saturated carbocycles. The van der Waals surface area contributed by atoms with E-state index in [2.05, 4.69) is 21.2 Å². The first-order valence-electron chi connectivity index (χ1n) is 12.7. The largest absolute Gasteiger partial charge is 0.482 e. The molecule has 0 radical (unpaired) electrons. The fraction of sp³-hybridized carbons (Fsp3) is 0.333. The third kappa shape index (κ3) is 7.59. The van der Waals surface area contributed by atoms with Crippen LogP contribution < -0.4 is 10.1 Å². The number of nitrogens with one attached hydrogen (secondary N) is 1. The molecule has 1 aliphatic carbocycles. The summed E-state index contributed by atoms with van der Waals surface area (Å²) in [5.74, 6) is 0.0215. The minimum absolute atomic E-state index is 0.126. The van der Waals surface area contributed by atoms with Crippen LogP contribution >= 0.6 is 27.5 Å². The van der Waals surface area contributed by atoms with E-state index >= 15 is 0 Å². The monoisotopic (exact) mass is 582 g/mol. The molecule has 3 aromatic carbocycles. The molecule has 37 heavy (non-hydrogen) atoms. The number of rotatable bonds is 10. The molecule has 4 rings (SSSR count). The van der Waals surface area contributed by atoms with E-state index in [1.165, 1.54) is 0 Å². The van der Waals surface area contributed by atoms with Gasteiger partial charge in [0.1, 0.15) is 11.8 Å². The number of halogens is 2. The Balaban J connectivity index is 1.63. The summed E-state index contributed by atoms with van der Waals surface area (Å²) in [5.41, 5.74) is 3.05. The topological polar surface area (TPSA) is 58.6 Å². The van der Waals surface area contributed by atoms with Gasteiger partial charge in [0.15, 0.2) is 6.61 Å². The number of amides is 2. The van der Waals surface area contributed by atoms with Gasteiger partial charge in [-0.15, -0.1) is 0 Å². The van der Waals surface area contributed by atoms with Gasteiger partial charge in [-0.25, -0.2) is 0 Å². The van der Waals surface area contributed by atoms with E-state index in [9.17, 15) is 9.59 Å². The van der Waals surface area contributed by atoms with Crippen LogP contribution in [0.2, 0.25) is 5.02 Å². The maximum Gasteiger partial charge on any atom is 0.261 e. The van der Waals surface area contributed by atoms with Crippen LogP contribution in [0.1, 0.15) is 42.4 Å². The number of aryl methyl sites for hydroxylation is 1. The summed E-state index contributed by atoms with van der Waals surface area (Å²) < 4.78 is 6.66. The van der Waals surface area contributed by atoms with Gasteiger partial charge in [-0.3, -0.25) is 9.59 Å². The average Bonchev–Trinajstić information content (AvgIpc) is 3.40. The Hall–Kier alpha value is -2.83. The van der Waals surface area contributed by atoms with Crippen molar-refractivity contribution < 1.29 is 14.3 Å². The predicted octanol–water partition coefficient (Wildman–Crippen LogP) is 6.49. The van der Waals surface area contributed by atoms with Crippen LogP contribution in [0.25, 0.3) is 0 Å². The van der Waals surface area contributed by atoms with E-state index in [1.54, 1.807) is 17.0 Å². The van der Waals surface area contributed by atoms with Gasteiger partial charge in [-0.1, -0.05) is 95.0 Å². The van der Waals surface area contributed by atoms with Crippen LogP contribution in [0.3, 0.4) is 0 Å². The molecule has 0 aromatic heterocycles. The first kappa shape index (κ1) is 27.2. The van der Waals surface area contributed by atoms with Crippen LogP contribution in [0.15, 0.2) is 77.3 Å². The molecule has 2 amide bonds. The van der Waals surface area contributed by atoms with E-state index in [0.29, 0.717) is 23.7 Å². The summed E-state index contributed by atoms with van der Waals surface area (Å²) in [6.45, 7) is 2.09. The Kier molecular flexibility index (Phi) is 9.64. The molecule has 0 spiro atoms. The fourth-order valence-electron chi connectivity index (χ4n) is 4.71. The highest BCUT2D eigenvalue weighted by atomic mass is 79.9. The highest BCUT2D eigenvalue weighted by molar-refractivity contribution is 9.10. The van der Waals surface area contributed by atoms with E-state index < -0.39 is 6.04 Å². The SMILES string of the molecule is Cc1ccccc1CN(C(=O)COc1ccc(Br)cc1Cl)[C@H](Cc1ccccc1)C(=O)NC1CCCC1. The lowest BCUT2D eigenvalue weighted by Gasteiger charge is -2.32. The van der Waals surface area contributed by atoms with Crippen molar-refractivity contribution in [1.29, 1.82) is 0 Å². The molecule has 3 aromatic rings. The Morgan fingerprint density at radius 3 is 2.46 bits per heavy atom. The molecular formula is C30H32BrClN2O3. The Bertz CT molecular complexity index is 1210. The van der Waals surface area contributed by atoms with E-state index in [-0.39, 0.29) is 24.5 Å². The minimum Gasteiger partial charge on any atom is -0.482 e. The Morgan fingerprint density at radius 2 is 1.76 bits per heavy atom. The summed E-state index contributed by atoms with van der Waals surface area (Å²) in [6, 6.07) is 22.5. The van der Waals surface area contributed by atoms with Gasteiger partial charge in [0.05, 0.1) is 5.02 Å². The number of carbonyl (C=O) groups is 2. The molecule has 1 fully saturated rings. The van der Waals surface area contributed by atoms with Crippen LogP contribution in [-0.4, -0.2) is 35.4 Å². The molecule has 0 unspecified atom stereocenters. The van der Waals surface area contributed by atoms with Crippen molar-refractivity contribution in [3.63, 3.8) is 0 Å². The summed E-state index contributed by atoms with van der Waals surface area (Å²) >= 11 is 9.70. The molecule has 0 heterocycles. The number of benzene rings is 3. The normalized spacial score (nSPS) is 14.2. The molecule has 0 aliphatic heterocycles. The van der Waals surface area contributed by atoms with Crippen LogP contribution in [-0.2, 0) is 22.6 Å². The second-order valence-electron chi connectivity index (χ2n) is 9.51. The van der Waals surface area contributed by atoms with E-state index in [4.69, 9.17) is 16.3 Å². The van der Waals surface area contributed by atoms with Gasteiger partial charge in [0, 0.05) is 23.5 Å². The highest BCUT2D eigenvalue weighted by Crippen LogP contribution is 2.28. The van der Waals surface area contributed by atoms with E-state index in [1.807, 2.05) is 67.6 Å². The Morgan fingerprint density at radius 1 is 1.05 bits per heavy atom. The number of hydrogen-bond acceptors (Lipinski definition) is 3. The van der Waals surface area contributed by atoms with Gasteiger partial charge in [0.25, 0.3) is 5.91 Å². The fourth-order valence-corrected chi connectivity index (χ4v) is 5.44. The number of carbonyl (C=O) groups excluding carboxylic acids is 2. The summed E-state index contributed by atoms with van der Waals surface area (Å²) in [7, 11) is 0. The number of nitrogens with zero attached hydrogens (tertiary/aromatic N) is 1. The molecule has 1 atom stereocenters. The maximum atomic E-state index is 13.8. The number of ether oxygens (including phenoxy) is 1. The minimum atomic E-state index is -0.681. The molecular weight excluding hydrogens is 552 g/mol. The zero-order valence-electron chi connectivity index (χ0n) is 21.0. The lowest BCUT2D eigenvalue weighted by molar-refractivity contribution is -0.143. The van der Waals surface area contributed by atoms with Gasteiger partial charge >= 0.3 is 0 Å². The van der Waals surface area contributed by atoms with Crippen molar-refractivity contribution in [2.24, 2.45) is 0 Å². The second kappa shape index (κ2) is 13.1. The summed E-state index contributed by atoms with van der Waals surface area (Å²) in [6.07, 6.45) is 4.58. The molecule has 1 N–H and O–H groups in total. The van der Waals surface area contributed by atoms with Gasteiger partial charge in [-0.2, -0.15) is 0 Å². The molecule has 7 heteroatoms. The highest BCUT2D eigenvalue weighted by Gasteiger charge is 2.32. The van der Waals surface area contributed by atoms with Crippen LogP contribution in [0, 0.1) is 6.92 Å². The maximum absolute atomic E-state index is 13.8. The standard InChI is InChI=1S/C30H32BrClN2O3/c1-21-9-5-6-12-23(21)19-34(29(35)20-37-28-16-15-24(31)18-26(28)32)27(17-22-10-3-2-4-11-22)30(36)33-25-13-7-8-14-25/h2-6,9-12,15-16,18,25,27H,7-8,13-14,17,19-20H2,1H3,(H,33,36)/t27-/m1/s1. The van der Waals surface area contributed by atoms with Crippen LogP contribution in [0.5, 0.6) is 5.75 Å². The molecule has 0 bridgehead atoms. The smallest absolute Gasteiger partial charge is 0.261 e. The zero-order chi connectivity index (χ0) is 26.2. The second-order valence-corrected chi connectivity index (χ2v) is 10.8. The number of hydrogen-bond donors (Lipinski definition) is 1. The van der Waals surface area contributed by atoms with Gasteiger partial charge in [0.2, 0.25) is 5.91 Å². The third-order valence-corrected chi connectivity index (χ3v) is 7.61. The quantitative estimate of drug-likeness (QED) is 0.297. The summed E-state index contributed by atoms with van der Waals surface area (Å²) in [5, 5.41) is 3.63.